The summed E-state index contributed by atoms with van der Waals surface area (Å²) < 4.78 is 16.8. The molecule has 0 radical (unpaired) electrons. The van der Waals surface area contributed by atoms with Gasteiger partial charge in [0, 0.05) is 19.3 Å². The highest BCUT2D eigenvalue weighted by Gasteiger charge is 2.19. The third-order valence-corrected chi connectivity index (χ3v) is 11.5. The van der Waals surface area contributed by atoms with E-state index in [9.17, 15) is 14.4 Å². The van der Waals surface area contributed by atoms with Crippen LogP contribution in [0.2, 0.25) is 0 Å². The zero-order chi connectivity index (χ0) is 45.8. The smallest absolute Gasteiger partial charge is 0.306 e. The van der Waals surface area contributed by atoms with E-state index in [0.29, 0.717) is 25.7 Å². The summed E-state index contributed by atoms with van der Waals surface area (Å²) in [7, 11) is 0. The number of rotatable bonds is 48. The number of carbonyl (C=O) groups excluding carboxylic acids is 3. The lowest BCUT2D eigenvalue weighted by Gasteiger charge is -2.18. The first-order valence-electron chi connectivity index (χ1n) is 26.8. The van der Waals surface area contributed by atoms with Crippen LogP contribution in [0.3, 0.4) is 0 Å². The Labute approximate surface area is 390 Å². The normalized spacial score (nSPS) is 12.5. The van der Waals surface area contributed by atoms with Crippen LogP contribution < -0.4 is 0 Å². The number of hydrogen-bond acceptors (Lipinski definition) is 6. The largest absolute Gasteiger partial charge is 0.462 e. The second kappa shape index (κ2) is 51.7. The zero-order valence-corrected chi connectivity index (χ0v) is 41.6. The summed E-state index contributed by atoms with van der Waals surface area (Å²) in [6, 6.07) is 0. The lowest BCUT2D eigenvalue weighted by molar-refractivity contribution is -0.167. The van der Waals surface area contributed by atoms with Crippen LogP contribution in [0, 0.1) is 0 Å². The molecule has 0 fully saturated rings. The summed E-state index contributed by atoms with van der Waals surface area (Å²) in [6.07, 6.45) is 63.6. The topological polar surface area (TPSA) is 78.9 Å². The van der Waals surface area contributed by atoms with Crippen LogP contribution in [-0.4, -0.2) is 37.2 Å². The van der Waals surface area contributed by atoms with Gasteiger partial charge in [0.1, 0.15) is 13.2 Å². The molecule has 0 N–H and O–H groups in total. The molecule has 0 rings (SSSR count). The number of ether oxygens (including phenoxy) is 3. The van der Waals surface area contributed by atoms with Gasteiger partial charge in [-0.05, 0) is 96.3 Å². The van der Waals surface area contributed by atoms with E-state index in [2.05, 4.69) is 81.5 Å². The predicted octanol–water partition coefficient (Wildman–Crippen LogP) is 17.6. The molecular formula is C57H100O6. The Kier molecular flexibility index (Phi) is 49.4. The van der Waals surface area contributed by atoms with Crippen molar-refractivity contribution >= 4 is 17.9 Å². The van der Waals surface area contributed by atoms with Crippen LogP contribution in [0.25, 0.3) is 0 Å². The molecule has 6 nitrogen and oxygen atoms in total. The number of esters is 3. The van der Waals surface area contributed by atoms with E-state index < -0.39 is 6.10 Å². The van der Waals surface area contributed by atoms with Crippen LogP contribution >= 0.6 is 0 Å². The number of allylic oxidation sites excluding steroid dienone is 10. The molecule has 0 aliphatic rings. The van der Waals surface area contributed by atoms with Crippen LogP contribution in [0.5, 0.6) is 0 Å². The summed E-state index contributed by atoms with van der Waals surface area (Å²) in [4.78, 5) is 37.9. The summed E-state index contributed by atoms with van der Waals surface area (Å²) in [5, 5.41) is 0. The molecule has 1 atom stereocenters. The molecular weight excluding hydrogens is 781 g/mol. The van der Waals surface area contributed by atoms with Gasteiger partial charge >= 0.3 is 17.9 Å². The predicted molar refractivity (Wildman–Crippen MR) is 270 cm³/mol. The van der Waals surface area contributed by atoms with Crippen molar-refractivity contribution in [3.05, 3.63) is 60.8 Å². The highest BCUT2D eigenvalue weighted by molar-refractivity contribution is 5.71. The Morgan fingerprint density at radius 3 is 1.08 bits per heavy atom. The van der Waals surface area contributed by atoms with Crippen molar-refractivity contribution in [2.24, 2.45) is 0 Å². The second-order valence-electron chi connectivity index (χ2n) is 17.8. The Bertz CT molecular complexity index is 1150. The van der Waals surface area contributed by atoms with Crippen LogP contribution in [0.1, 0.15) is 265 Å². The summed E-state index contributed by atoms with van der Waals surface area (Å²) in [6.45, 7) is 6.53. The van der Waals surface area contributed by atoms with E-state index >= 15 is 0 Å². The quantitative estimate of drug-likeness (QED) is 0.0199. The summed E-state index contributed by atoms with van der Waals surface area (Å²) in [5.41, 5.74) is 0. The Morgan fingerprint density at radius 1 is 0.333 bits per heavy atom. The van der Waals surface area contributed by atoms with Crippen molar-refractivity contribution in [3.8, 4) is 0 Å². The first kappa shape index (κ1) is 60.1. The first-order valence-corrected chi connectivity index (χ1v) is 26.8. The Hall–Kier alpha value is -2.89. The molecule has 0 aromatic rings. The molecule has 0 spiro atoms. The highest BCUT2D eigenvalue weighted by atomic mass is 16.6. The standard InChI is InChI=1S/C57H100O6/c1-4-7-10-13-16-19-21-23-25-27-28-30-31-33-35-38-41-44-47-50-56(59)62-53-54(52-61-55(58)49-46-43-40-37-18-15-12-9-6-3)63-57(60)51-48-45-42-39-36-34-32-29-26-24-22-20-17-14-11-8-5-2/h16-17,19-21,23-24,26,37,40,54H,4-15,18,22,25,27-36,38-39,41-53H2,1-3H3/b19-16-,20-17-,23-21-,26-24-,40-37-. The van der Waals surface area contributed by atoms with Crippen LogP contribution in [0.15, 0.2) is 60.8 Å². The molecule has 0 bridgehead atoms. The maximum absolute atomic E-state index is 12.8. The fraction of sp³-hybridized carbons (Fsp3) is 0.772. The van der Waals surface area contributed by atoms with E-state index in [1.165, 1.54) is 154 Å². The molecule has 364 valence electrons. The van der Waals surface area contributed by atoms with Crippen molar-refractivity contribution in [1.82, 2.24) is 0 Å². The van der Waals surface area contributed by atoms with Gasteiger partial charge in [-0.15, -0.1) is 0 Å². The molecule has 0 saturated heterocycles. The van der Waals surface area contributed by atoms with Crippen molar-refractivity contribution in [2.75, 3.05) is 13.2 Å². The minimum Gasteiger partial charge on any atom is -0.462 e. The molecule has 0 amide bonds. The summed E-state index contributed by atoms with van der Waals surface area (Å²) >= 11 is 0. The fourth-order valence-corrected chi connectivity index (χ4v) is 7.41. The lowest BCUT2D eigenvalue weighted by atomic mass is 10.1. The molecule has 63 heavy (non-hydrogen) atoms. The van der Waals surface area contributed by atoms with Gasteiger partial charge < -0.3 is 14.2 Å². The number of hydrogen-bond donors (Lipinski definition) is 0. The van der Waals surface area contributed by atoms with Gasteiger partial charge in [-0.25, -0.2) is 0 Å². The molecule has 0 aliphatic carbocycles. The van der Waals surface area contributed by atoms with Gasteiger partial charge in [-0.3, -0.25) is 14.4 Å². The highest BCUT2D eigenvalue weighted by Crippen LogP contribution is 2.15. The average Bonchev–Trinajstić information content (AvgIpc) is 3.28. The van der Waals surface area contributed by atoms with E-state index in [0.717, 1.165) is 64.2 Å². The van der Waals surface area contributed by atoms with E-state index in [-0.39, 0.29) is 31.1 Å². The molecule has 0 saturated carbocycles. The SMILES string of the molecule is CCCCC/C=C\C=C/CCCCCCCCCCCCC(=O)OCC(COC(=O)CCC/C=C\CCCCCC)OC(=O)CCCCCCCCC/C=C\C/C=C\CCCCC. The van der Waals surface area contributed by atoms with Crippen molar-refractivity contribution in [1.29, 1.82) is 0 Å². The van der Waals surface area contributed by atoms with Gasteiger partial charge in [-0.2, -0.15) is 0 Å². The van der Waals surface area contributed by atoms with E-state index in [1.807, 2.05) is 0 Å². The third-order valence-electron chi connectivity index (χ3n) is 11.5. The lowest BCUT2D eigenvalue weighted by Crippen LogP contribution is -2.30. The maximum atomic E-state index is 12.8. The van der Waals surface area contributed by atoms with Gasteiger partial charge in [-0.1, -0.05) is 210 Å². The number of unbranched alkanes of at least 4 members (excludes halogenated alkanes) is 28. The Morgan fingerprint density at radius 2 is 0.635 bits per heavy atom. The zero-order valence-electron chi connectivity index (χ0n) is 41.6. The van der Waals surface area contributed by atoms with Crippen molar-refractivity contribution < 1.29 is 28.6 Å². The summed E-state index contributed by atoms with van der Waals surface area (Å²) in [5.74, 6) is -0.931. The first-order chi connectivity index (χ1) is 31.0. The van der Waals surface area contributed by atoms with Crippen molar-refractivity contribution in [2.45, 2.75) is 271 Å². The van der Waals surface area contributed by atoms with Gasteiger partial charge in [0.2, 0.25) is 0 Å². The fourth-order valence-electron chi connectivity index (χ4n) is 7.41. The molecule has 6 heteroatoms. The maximum Gasteiger partial charge on any atom is 0.306 e. The Balaban J connectivity index is 4.32. The monoisotopic (exact) mass is 881 g/mol. The van der Waals surface area contributed by atoms with Crippen LogP contribution in [-0.2, 0) is 28.6 Å². The van der Waals surface area contributed by atoms with Gasteiger partial charge in [0.25, 0.3) is 0 Å². The molecule has 0 heterocycles. The van der Waals surface area contributed by atoms with E-state index in [1.54, 1.807) is 0 Å². The molecule has 1 unspecified atom stereocenters. The third kappa shape index (κ3) is 50.0. The number of carbonyl (C=O) groups is 3. The minimum absolute atomic E-state index is 0.0873. The molecule has 0 aromatic heterocycles. The van der Waals surface area contributed by atoms with Crippen LogP contribution in [0.4, 0.5) is 0 Å². The average molecular weight is 881 g/mol. The molecule has 0 aliphatic heterocycles. The van der Waals surface area contributed by atoms with E-state index in [4.69, 9.17) is 14.2 Å². The second-order valence-corrected chi connectivity index (χ2v) is 17.8. The van der Waals surface area contributed by atoms with Gasteiger partial charge in [0.15, 0.2) is 6.10 Å². The van der Waals surface area contributed by atoms with Crippen molar-refractivity contribution in [3.63, 3.8) is 0 Å². The minimum atomic E-state index is -0.789. The molecule has 0 aromatic carbocycles. The van der Waals surface area contributed by atoms with Gasteiger partial charge in [0.05, 0.1) is 0 Å².